The quantitative estimate of drug-likeness (QED) is 0.277. The van der Waals surface area contributed by atoms with E-state index < -0.39 is 49.1 Å². The SMILES string of the molecule is CC(=O)[C@H](CO)NC(=O)N[C@@H](CCC(=O)O)c1nc([C@@H](N)CO)no1. The molecule has 25 heavy (non-hydrogen) atoms. The summed E-state index contributed by atoms with van der Waals surface area (Å²) in [7, 11) is 0. The van der Waals surface area contributed by atoms with Gasteiger partial charge >= 0.3 is 12.0 Å². The number of hydrogen-bond acceptors (Lipinski definition) is 9. The second kappa shape index (κ2) is 9.66. The van der Waals surface area contributed by atoms with Crippen LogP contribution < -0.4 is 16.4 Å². The summed E-state index contributed by atoms with van der Waals surface area (Å²) in [6, 6.07) is -3.77. The van der Waals surface area contributed by atoms with Crippen LogP contribution in [0.2, 0.25) is 0 Å². The number of rotatable bonds is 10. The van der Waals surface area contributed by atoms with Crippen molar-refractivity contribution in [2.24, 2.45) is 5.73 Å². The molecule has 12 heteroatoms. The highest BCUT2D eigenvalue weighted by molar-refractivity contribution is 5.87. The maximum absolute atomic E-state index is 12.0. The van der Waals surface area contributed by atoms with Gasteiger partial charge in [-0.1, -0.05) is 5.16 Å². The van der Waals surface area contributed by atoms with Gasteiger partial charge in [-0.25, -0.2) is 4.79 Å². The first-order valence-electron chi connectivity index (χ1n) is 7.38. The fourth-order valence-corrected chi connectivity index (χ4v) is 1.78. The van der Waals surface area contributed by atoms with Crippen LogP contribution in [0.5, 0.6) is 0 Å². The lowest BCUT2D eigenvalue weighted by Crippen LogP contribution is -2.48. The van der Waals surface area contributed by atoms with Crippen LogP contribution in [0.15, 0.2) is 4.52 Å². The number of hydrogen-bond donors (Lipinski definition) is 6. The predicted molar refractivity (Wildman–Crippen MR) is 81.1 cm³/mol. The van der Waals surface area contributed by atoms with Gasteiger partial charge < -0.3 is 36.2 Å². The minimum Gasteiger partial charge on any atom is -0.481 e. The number of aliphatic hydroxyl groups is 2. The molecule has 12 nitrogen and oxygen atoms in total. The van der Waals surface area contributed by atoms with Crippen LogP contribution in [0.1, 0.15) is 43.6 Å². The van der Waals surface area contributed by atoms with Crippen molar-refractivity contribution in [3.63, 3.8) is 0 Å². The zero-order valence-corrected chi connectivity index (χ0v) is 13.5. The Balaban J connectivity index is 2.85. The standard InChI is InChI=1S/C13H21N5O7/c1-6(21)9(5-20)16-13(24)15-8(2-3-10(22)23)12-17-11(18-25-12)7(14)4-19/h7-9,19-20H,2-5,14H2,1H3,(H,22,23)(H2,15,16,24)/t7-,8-,9-/m0/s1. The van der Waals surface area contributed by atoms with Crippen LogP contribution in [-0.4, -0.2) is 62.5 Å². The first-order valence-corrected chi connectivity index (χ1v) is 7.38. The topological polar surface area (TPSA) is 201 Å². The van der Waals surface area contributed by atoms with Gasteiger partial charge in [0.05, 0.1) is 19.3 Å². The molecule has 0 fully saturated rings. The summed E-state index contributed by atoms with van der Waals surface area (Å²) < 4.78 is 4.96. The molecule has 0 aromatic carbocycles. The Hall–Kier alpha value is -2.57. The highest BCUT2D eigenvalue weighted by Gasteiger charge is 2.25. The molecule has 140 valence electrons. The van der Waals surface area contributed by atoms with E-state index in [0.717, 1.165) is 0 Å². The molecular weight excluding hydrogens is 338 g/mol. The Bertz CT molecular complexity index is 605. The van der Waals surface area contributed by atoms with E-state index in [0.29, 0.717) is 0 Å². The van der Waals surface area contributed by atoms with E-state index in [2.05, 4.69) is 20.8 Å². The summed E-state index contributed by atoms with van der Waals surface area (Å²) in [5.41, 5.74) is 5.55. The largest absolute Gasteiger partial charge is 0.481 e. The van der Waals surface area contributed by atoms with Crippen LogP contribution in [0.25, 0.3) is 0 Å². The number of aliphatic hydroxyl groups excluding tert-OH is 2. The molecule has 0 saturated carbocycles. The van der Waals surface area contributed by atoms with Gasteiger partial charge in [-0.3, -0.25) is 9.59 Å². The highest BCUT2D eigenvalue weighted by atomic mass is 16.5. The van der Waals surface area contributed by atoms with Crippen LogP contribution >= 0.6 is 0 Å². The maximum Gasteiger partial charge on any atom is 0.316 e. The fraction of sp³-hybridized carbons (Fsp3) is 0.615. The second-order valence-corrected chi connectivity index (χ2v) is 5.23. The molecule has 1 aromatic heterocycles. The Morgan fingerprint density at radius 1 is 1.24 bits per heavy atom. The van der Waals surface area contributed by atoms with Crippen molar-refractivity contribution >= 4 is 17.8 Å². The number of carbonyl (C=O) groups is 3. The molecule has 0 saturated heterocycles. The second-order valence-electron chi connectivity index (χ2n) is 5.23. The molecule has 1 heterocycles. The number of Topliss-reactive ketones (excluding diaryl/α,β-unsaturated/α-hetero) is 1. The average molecular weight is 359 g/mol. The number of nitrogens with zero attached hydrogens (tertiary/aromatic N) is 2. The van der Waals surface area contributed by atoms with E-state index in [1.54, 1.807) is 0 Å². The minimum atomic E-state index is -1.10. The van der Waals surface area contributed by atoms with Crippen LogP contribution in [0.4, 0.5) is 4.79 Å². The van der Waals surface area contributed by atoms with Crippen molar-refractivity contribution in [2.75, 3.05) is 13.2 Å². The van der Waals surface area contributed by atoms with Crippen LogP contribution in [0.3, 0.4) is 0 Å². The molecular formula is C13H21N5O7. The molecule has 1 rings (SSSR count). The van der Waals surface area contributed by atoms with Crippen molar-refractivity contribution in [3.8, 4) is 0 Å². The predicted octanol–water partition coefficient (Wildman–Crippen LogP) is -1.78. The molecule has 0 radical (unpaired) electrons. The van der Waals surface area contributed by atoms with Crippen molar-refractivity contribution in [1.82, 2.24) is 20.8 Å². The zero-order chi connectivity index (χ0) is 19.0. The molecule has 1 aromatic rings. The number of urea groups is 1. The van der Waals surface area contributed by atoms with Crippen LogP contribution in [-0.2, 0) is 9.59 Å². The lowest BCUT2D eigenvalue weighted by Gasteiger charge is -2.18. The molecule has 0 aliphatic carbocycles. The monoisotopic (exact) mass is 359 g/mol. The van der Waals surface area contributed by atoms with E-state index in [-0.39, 0.29) is 24.6 Å². The summed E-state index contributed by atoms with van der Waals surface area (Å²) in [5.74, 6) is -1.65. The Morgan fingerprint density at radius 3 is 2.44 bits per heavy atom. The Morgan fingerprint density at radius 2 is 1.92 bits per heavy atom. The van der Waals surface area contributed by atoms with Gasteiger partial charge in [0.15, 0.2) is 11.6 Å². The number of ketones is 1. The third-order valence-electron chi connectivity index (χ3n) is 3.21. The van der Waals surface area contributed by atoms with E-state index in [1.807, 2.05) is 0 Å². The van der Waals surface area contributed by atoms with Gasteiger partial charge in [0.2, 0.25) is 5.89 Å². The van der Waals surface area contributed by atoms with E-state index in [1.165, 1.54) is 6.92 Å². The molecule has 0 aliphatic heterocycles. The fourth-order valence-electron chi connectivity index (χ4n) is 1.78. The molecule has 7 N–H and O–H groups in total. The number of amides is 2. The number of aliphatic carboxylic acids is 1. The lowest BCUT2D eigenvalue weighted by molar-refractivity contribution is -0.137. The Kier molecular flexibility index (Phi) is 7.91. The van der Waals surface area contributed by atoms with Gasteiger partial charge in [-0.15, -0.1) is 0 Å². The summed E-state index contributed by atoms with van der Waals surface area (Å²) in [4.78, 5) is 37.9. The number of carboxylic acids is 1. The van der Waals surface area contributed by atoms with Gasteiger partial charge in [0.25, 0.3) is 0 Å². The number of nitrogens with two attached hydrogens (primary N) is 1. The van der Waals surface area contributed by atoms with Crippen molar-refractivity contribution in [2.45, 2.75) is 37.9 Å². The number of nitrogens with one attached hydrogen (secondary N) is 2. The van der Waals surface area contributed by atoms with Crippen molar-refractivity contribution in [1.29, 1.82) is 0 Å². The van der Waals surface area contributed by atoms with Gasteiger partial charge in [-0.05, 0) is 13.3 Å². The first-order chi connectivity index (χ1) is 11.8. The molecule has 0 aliphatic rings. The third kappa shape index (κ3) is 6.45. The summed E-state index contributed by atoms with van der Waals surface area (Å²) in [5, 5.41) is 35.0. The molecule has 2 amide bonds. The average Bonchev–Trinajstić information content (AvgIpc) is 3.05. The summed E-state index contributed by atoms with van der Waals surface area (Å²) >= 11 is 0. The molecule has 0 spiro atoms. The van der Waals surface area contributed by atoms with Gasteiger partial charge in [0.1, 0.15) is 12.1 Å². The van der Waals surface area contributed by atoms with Gasteiger partial charge in [-0.2, -0.15) is 4.98 Å². The smallest absolute Gasteiger partial charge is 0.316 e. The number of carboxylic acid groups (broad SMARTS) is 1. The molecule has 0 bridgehead atoms. The van der Waals surface area contributed by atoms with E-state index in [4.69, 9.17) is 25.6 Å². The number of aromatic nitrogens is 2. The van der Waals surface area contributed by atoms with E-state index in [9.17, 15) is 14.4 Å². The van der Waals surface area contributed by atoms with Crippen molar-refractivity contribution in [3.05, 3.63) is 11.7 Å². The van der Waals surface area contributed by atoms with Crippen molar-refractivity contribution < 1.29 is 34.2 Å². The number of carbonyl (C=O) groups excluding carboxylic acids is 2. The normalized spacial score (nSPS) is 14.4. The zero-order valence-electron chi connectivity index (χ0n) is 13.5. The first kappa shape index (κ1) is 20.5. The molecule has 0 unspecified atom stereocenters. The molecule has 3 atom stereocenters. The van der Waals surface area contributed by atoms with E-state index >= 15 is 0 Å². The minimum absolute atomic E-state index is 0.00277. The summed E-state index contributed by atoms with van der Waals surface area (Å²) in [6.07, 6.45) is -0.368. The van der Waals surface area contributed by atoms with Crippen LogP contribution in [0, 0.1) is 0 Å². The van der Waals surface area contributed by atoms with Gasteiger partial charge in [0, 0.05) is 6.42 Å². The third-order valence-corrected chi connectivity index (χ3v) is 3.21. The summed E-state index contributed by atoms with van der Waals surface area (Å²) in [6.45, 7) is 0.186. The highest BCUT2D eigenvalue weighted by Crippen LogP contribution is 2.18. The lowest BCUT2D eigenvalue weighted by atomic mass is 10.1. The maximum atomic E-state index is 12.0. The Labute approximate surface area is 142 Å².